The van der Waals surface area contributed by atoms with Crippen LogP contribution < -0.4 is 10.6 Å². The van der Waals surface area contributed by atoms with Gasteiger partial charge in [0.15, 0.2) is 0 Å². The Kier molecular flexibility index (Phi) is 2.73. The van der Waals surface area contributed by atoms with E-state index in [1.165, 1.54) is 10.6 Å². The monoisotopic (exact) mass is 75.0 g/mol. The molecule has 0 aromatic carbocycles. The molecule has 0 aromatic heterocycles. The number of rotatable bonds is 1. The van der Waals surface area contributed by atoms with E-state index in [0.29, 0.717) is 6.34 Å². The summed E-state index contributed by atoms with van der Waals surface area (Å²) in [5.74, 6) is 0. The van der Waals surface area contributed by atoms with Crippen LogP contribution in [0.25, 0.3) is 0 Å². The van der Waals surface area contributed by atoms with Crippen LogP contribution in [0, 0.1) is 5.21 Å². The lowest BCUT2D eigenvalue weighted by atomic mass is 11.4. The van der Waals surface area contributed by atoms with E-state index in [2.05, 4.69) is 0 Å². The molecule has 0 aliphatic carbocycles. The van der Waals surface area contributed by atoms with E-state index in [1.54, 1.807) is 0 Å². The molecule has 0 fully saturated rings. The zero-order valence-corrected chi connectivity index (χ0v) is 2.39. The standard InChI is InChI=1S/CH3N2O2/c4-2-1-3-5/h1-3H. The van der Waals surface area contributed by atoms with Gasteiger partial charge in [0.25, 0.3) is 6.34 Å². The van der Waals surface area contributed by atoms with Crippen molar-refractivity contribution in [2.75, 3.05) is 0 Å². The highest BCUT2D eigenvalue weighted by atomic mass is 16.5. The van der Waals surface area contributed by atoms with Gasteiger partial charge in [-0.2, -0.15) is 0 Å². The third kappa shape index (κ3) is 3.23. The summed E-state index contributed by atoms with van der Waals surface area (Å²) in [7, 11) is 0. The second-order valence-corrected chi connectivity index (χ2v) is 0.380. The summed E-state index contributed by atoms with van der Waals surface area (Å²) >= 11 is 0. The number of nitrogens with one attached hydrogen (secondary N) is 2. The van der Waals surface area contributed by atoms with E-state index in [4.69, 9.17) is 10.4 Å². The SMILES string of the molecule is [O]NC=[NH+][O-]. The molecule has 0 unspecified atom stereocenters. The average molecular weight is 75.0 g/mol. The van der Waals surface area contributed by atoms with Gasteiger partial charge in [0.2, 0.25) is 0 Å². The minimum atomic E-state index is 0.639. The lowest BCUT2D eigenvalue weighted by Crippen LogP contribution is -2.62. The third-order valence-electron chi connectivity index (χ3n) is 0.118. The van der Waals surface area contributed by atoms with Crippen LogP contribution in [0.5, 0.6) is 0 Å². The van der Waals surface area contributed by atoms with Crippen LogP contribution in [0.3, 0.4) is 0 Å². The Bertz CT molecular complexity index is 34.6. The molecule has 0 saturated carbocycles. The molecule has 0 bridgehead atoms. The summed E-state index contributed by atoms with van der Waals surface area (Å²) in [5, 5.41) is 19.1. The molecule has 0 amide bonds. The fourth-order valence-corrected chi connectivity index (χ4v) is 0.0241. The summed E-state index contributed by atoms with van der Waals surface area (Å²) in [6.07, 6.45) is 0.639. The second-order valence-electron chi connectivity index (χ2n) is 0.380. The van der Waals surface area contributed by atoms with E-state index in [-0.39, 0.29) is 0 Å². The lowest BCUT2D eigenvalue weighted by Gasteiger charge is -1.74. The Hall–Kier alpha value is -0.770. The van der Waals surface area contributed by atoms with E-state index >= 15 is 0 Å². The Balaban J connectivity index is 2.62. The molecule has 0 heterocycles. The molecule has 0 aliphatic rings. The molecule has 0 atom stereocenters. The predicted molar refractivity (Wildman–Crippen MR) is 14.2 cm³/mol. The van der Waals surface area contributed by atoms with Crippen molar-refractivity contribution in [1.82, 2.24) is 5.48 Å². The van der Waals surface area contributed by atoms with Crippen LogP contribution in [0.15, 0.2) is 0 Å². The van der Waals surface area contributed by atoms with Gasteiger partial charge in [0, 0.05) is 5.21 Å². The molecule has 4 heteroatoms. The Labute approximate surface area is 28.7 Å². The highest BCUT2D eigenvalue weighted by Gasteiger charge is 1.58. The van der Waals surface area contributed by atoms with Crippen molar-refractivity contribution in [3.63, 3.8) is 0 Å². The summed E-state index contributed by atoms with van der Waals surface area (Å²) in [6.45, 7) is 0. The second kappa shape index (κ2) is 3.23. The van der Waals surface area contributed by atoms with Gasteiger partial charge in [-0.25, -0.2) is 0 Å². The van der Waals surface area contributed by atoms with Crippen LogP contribution in [0.2, 0.25) is 0 Å². The van der Waals surface area contributed by atoms with Crippen molar-refractivity contribution >= 4 is 6.34 Å². The lowest BCUT2D eigenvalue weighted by molar-refractivity contribution is -0.372. The van der Waals surface area contributed by atoms with E-state index in [0.717, 1.165) is 0 Å². The van der Waals surface area contributed by atoms with Crippen molar-refractivity contribution in [2.45, 2.75) is 0 Å². The number of hydrogen-bond donors (Lipinski definition) is 2. The van der Waals surface area contributed by atoms with Gasteiger partial charge >= 0.3 is 0 Å². The topological polar surface area (TPSA) is 69.0 Å². The molecule has 1 radical (unpaired) electrons. The highest BCUT2D eigenvalue weighted by molar-refractivity contribution is 5.44. The van der Waals surface area contributed by atoms with E-state index in [9.17, 15) is 0 Å². The quantitative estimate of drug-likeness (QED) is 0.157. The molecule has 0 spiro atoms. The first kappa shape index (κ1) is 4.23. The van der Waals surface area contributed by atoms with Crippen LogP contribution in [0.4, 0.5) is 0 Å². The highest BCUT2D eigenvalue weighted by Crippen LogP contribution is 1.06. The van der Waals surface area contributed by atoms with Crippen molar-refractivity contribution in [3.8, 4) is 0 Å². The molecule has 0 aliphatic heterocycles. The first-order valence-corrected chi connectivity index (χ1v) is 0.986. The van der Waals surface area contributed by atoms with Gasteiger partial charge in [-0.1, -0.05) is 0 Å². The van der Waals surface area contributed by atoms with Gasteiger partial charge < -0.3 is 5.21 Å². The minimum absolute atomic E-state index is 0.639. The molecule has 0 saturated heterocycles. The predicted octanol–water partition coefficient (Wildman–Crippen LogP) is -2.47. The fraction of sp³-hybridized carbons (Fsp3) is 0. The zero-order chi connectivity index (χ0) is 4.12. The largest absolute Gasteiger partial charge is 0.717 e. The maximum absolute atomic E-state index is 8.96. The van der Waals surface area contributed by atoms with Crippen LogP contribution >= 0.6 is 0 Å². The Morgan fingerprint density at radius 3 is 2.60 bits per heavy atom. The summed E-state index contributed by atoms with van der Waals surface area (Å²) in [4.78, 5) is 0. The van der Waals surface area contributed by atoms with E-state index < -0.39 is 0 Å². The van der Waals surface area contributed by atoms with Gasteiger partial charge in [-0.15, -0.1) is 5.48 Å². The zero-order valence-electron chi connectivity index (χ0n) is 2.39. The van der Waals surface area contributed by atoms with Gasteiger partial charge in [-0.05, 0) is 0 Å². The van der Waals surface area contributed by atoms with Crippen LogP contribution in [-0.4, -0.2) is 6.34 Å². The summed E-state index contributed by atoms with van der Waals surface area (Å²) in [6, 6.07) is 0. The first-order valence-electron chi connectivity index (χ1n) is 0.986. The smallest absolute Gasteiger partial charge is 0.265 e. The molecular formula is CH3N2O2. The normalized spacial score (nSPS) is 9.00. The number of hydrogen-bond acceptors (Lipinski definition) is 1. The summed E-state index contributed by atoms with van der Waals surface area (Å²) in [5.41, 5.74) is 1.22. The molecule has 5 heavy (non-hydrogen) atoms. The Morgan fingerprint density at radius 2 is 2.60 bits per heavy atom. The van der Waals surface area contributed by atoms with Gasteiger partial charge in [0.05, 0.1) is 0 Å². The van der Waals surface area contributed by atoms with Gasteiger partial charge in [-0.3, -0.25) is 5.16 Å². The third-order valence-corrected chi connectivity index (χ3v) is 0.118. The summed E-state index contributed by atoms with van der Waals surface area (Å²) < 4.78 is 0. The molecule has 4 nitrogen and oxygen atoms in total. The number of hydroxylamine groups is 1. The van der Waals surface area contributed by atoms with Crippen molar-refractivity contribution < 1.29 is 10.4 Å². The van der Waals surface area contributed by atoms with Crippen LogP contribution in [0.1, 0.15) is 0 Å². The van der Waals surface area contributed by atoms with Crippen molar-refractivity contribution in [2.24, 2.45) is 0 Å². The van der Waals surface area contributed by atoms with Crippen molar-refractivity contribution in [1.29, 1.82) is 0 Å². The molecular weight excluding hydrogens is 72.0 g/mol. The van der Waals surface area contributed by atoms with Gasteiger partial charge in [0.1, 0.15) is 0 Å². The molecule has 0 rings (SSSR count). The average Bonchev–Trinajstić information content (AvgIpc) is 1.41. The molecule has 2 N–H and O–H groups in total. The fourth-order valence-electron chi connectivity index (χ4n) is 0.0241. The molecule has 0 aromatic rings. The maximum atomic E-state index is 8.96. The first-order chi connectivity index (χ1) is 2.41. The van der Waals surface area contributed by atoms with Crippen molar-refractivity contribution in [3.05, 3.63) is 5.21 Å². The Morgan fingerprint density at radius 1 is 2.00 bits per heavy atom. The molecule has 29 valence electrons. The maximum Gasteiger partial charge on any atom is 0.265 e. The minimum Gasteiger partial charge on any atom is -0.717 e. The van der Waals surface area contributed by atoms with E-state index in [1.807, 2.05) is 0 Å². The van der Waals surface area contributed by atoms with Crippen LogP contribution in [-0.2, 0) is 5.21 Å².